The van der Waals surface area contributed by atoms with Gasteiger partial charge in [0, 0.05) is 25.7 Å². The second-order valence-corrected chi connectivity index (χ2v) is 10.1. The average Bonchev–Trinajstić information content (AvgIpc) is 3.40. The van der Waals surface area contributed by atoms with E-state index in [1.165, 1.54) is 42.9 Å². The van der Waals surface area contributed by atoms with Gasteiger partial charge in [-0.3, -0.25) is 19.4 Å². The molecule has 180 valence electrons. The molecule has 4 saturated heterocycles. The summed E-state index contributed by atoms with van der Waals surface area (Å²) < 4.78 is 0. The van der Waals surface area contributed by atoms with Gasteiger partial charge in [-0.25, -0.2) is 0 Å². The Kier molecular flexibility index (Phi) is 7.38. The van der Waals surface area contributed by atoms with Crippen LogP contribution in [0.3, 0.4) is 0 Å². The van der Waals surface area contributed by atoms with Crippen LogP contribution in [0.2, 0.25) is 0 Å². The Labute approximate surface area is 202 Å². The van der Waals surface area contributed by atoms with E-state index < -0.39 is 0 Å². The van der Waals surface area contributed by atoms with Crippen LogP contribution in [-0.2, 0) is 22.7 Å². The monoisotopic (exact) mass is 460 g/mol. The molecule has 0 saturated carbocycles. The highest BCUT2D eigenvalue weighted by Gasteiger charge is 2.48. The summed E-state index contributed by atoms with van der Waals surface area (Å²) in [6.07, 6.45) is 4.58. The number of likely N-dealkylation sites (tertiary alicyclic amines) is 2. The van der Waals surface area contributed by atoms with E-state index in [0.29, 0.717) is 6.54 Å². The van der Waals surface area contributed by atoms with Crippen LogP contribution in [0.25, 0.3) is 0 Å². The number of hydrogen-bond acceptors (Lipinski definition) is 5. The fourth-order valence-corrected chi connectivity index (χ4v) is 5.92. The molecule has 2 amide bonds. The molecule has 6 nitrogen and oxygen atoms in total. The van der Waals surface area contributed by atoms with Crippen molar-refractivity contribution in [1.29, 1.82) is 0 Å². The van der Waals surface area contributed by atoms with E-state index >= 15 is 0 Å². The number of rotatable bonds is 4. The van der Waals surface area contributed by atoms with Crippen LogP contribution in [0.4, 0.5) is 0 Å². The number of nitrogens with one attached hydrogen (secondary N) is 2. The van der Waals surface area contributed by atoms with Gasteiger partial charge in [-0.2, -0.15) is 0 Å². The lowest BCUT2D eigenvalue weighted by Gasteiger charge is -2.24. The third-order valence-electron chi connectivity index (χ3n) is 7.68. The molecule has 2 aromatic rings. The van der Waals surface area contributed by atoms with Crippen molar-refractivity contribution in [2.24, 2.45) is 11.8 Å². The summed E-state index contributed by atoms with van der Waals surface area (Å²) in [4.78, 5) is 28.4. The summed E-state index contributed by atoms with van der Waals surface area (Å²) in [5, 5.41) is 6.82. The standard InChI is InChI=1S/C14H16N2O2.C14H20N2/c17-13-11-7-4-8-15-12(11)14(18)16(13)9-10-5-2-1-3-6-10;1-2-5-12(6-3-1)9-16-10-13-7-4-8-15-14(13)11-16/h1-3,5-6,11-12,15H,4,7-9H2;1-3,5-6,13-15H,4,7-11H2/t11-,12+;13-,14+/m10/s1. The number of amides is 2. The molecule has 0 spiro atoms. The predicted octanol–water partition coefficient (Wildman–Crippen LogP) is 2.79. The van der Waals surface area contributed by atoms with Gasteiger partial charge >= 0.3 is 0 Å². The maximum Gasteiger partial charge on any atom is 0.247 e. The van der Waals surface area contributed by atoms with Gasteiger partial charge in [-0.05, 0) is 55.8 Å². The third-order valence-corrected chi connectivity index (χ3v) is 7.68. The van der Waals surface area contributed by atoms with Crippen molar-refractivity contribution in [3.05, 3.63) is 71.8 Å². The minimum Gasteiger partial charge on any atom is -0.312 e. The highest BCUT2D eigenvalue weighted by Crippen LogP contribution is 2.29. The lowest BCUT2D eigenvalue weighted by molar-refractivity contribution is -0.140. The zero-order valence-electron chi connectivity index (χ0n) is 19.9. The minimum absolute atomic E-state index is 0.0129. The van der Waals surface area contributed by atoms with E-state index in [-0.39, 0.29) is 23.8 Å². The smallest absolute Gasteiger partial charge is 0.247 e. The molecule has 4 heterocycles. The molecular formula is C28H36N4O2. The summed E-state index contributed by atoms with van der Waals surface area (Å²) in [7, 11) is 0. The zero-order chi connectivity index (χ0) is 23.3. The maximum absolute atomic E-state index is 12.2. The maximum atomic E-state index is 12.2. The molecule has 34 heavy (non-hydrogen) atoms. The molecule has 4 aliphatic rings. The molecule has 6 rings (SSSR count). The summed E-state index contributed by atoms with van der Waals surface area (Å²) in [6, 6.07) is 21.0. The molecule has 0 aromatic heterocycles. The SMILES string of the molecule is O=C1[C@H]2NCCC[C@H]2C(=O)N1Cc1ccccc1.c1ccc(CN2C[C@@H]3CCCN[C@@H]3C2)cc1. The largest absolute Gasteiger partial charge is 0.312 e. The van der Waals surface area contributed by atoms with Gasteiger partial charge in [0.1, 0.15) is 0 Å². The number of imide groups is 1. The summed E-state index contributed by atoms with van der Waals surface area (Å²) >= 11 is 0. The Morgan fingerprint density at radius 3 is 2.06 bits per heavy atom. The van der Waals surface area contributed by atoms with Gasteiger partial charge in [0.05, 0.1) is 18.5 Å². The number of fused-ring (bicyclic) bond motifs is 2. The van der Waals surface area contributed by atoms with Crippen molar-refractivity contribution in [3.63, 3.8) is 0 Å². The van der Waals surface area contributed by atoms with Crippen molar-refractivity contribution in [2.75, 3.05) is 26.2 Å². The topological polar surface area (TPSA) is 64.7 Å². The van der Waals surface area contributed by atoms with Crippen LogP contribution >= 0.6 is 0 Å². The quantitative estimate of drug-likeness (QED) is 0.687. The molecule has 0 radical (unpaired) electrons. The van der Waals surface area contributed by atoms with Crippen LogP contribution in [0.5, 0.6) is 0 Å². The fourth-order valence-electron chi connectivity index (χ4n) is 5.92. The molecule has 0 unspecified atom stereocenters. The van der Waals surface area contributed by atoms with E-state index in [0.717, 1.165) is 43.5 Å². The van der Waals surface area contributed by atoms with Crippen LogP contribution in [0.1, 0.15) is 36.8 Å². The van der Waals surface area contributed by atoms with E-state index in [9.17, 15) is 9.59 Å². The van der Waals surface area contributed by atoms with E-state index in [4.69, 9.17) is 0 Å². The average molecular weight is 461 g/mol. The number of benzene rings is 2. The van der Waals surface area contributed by atoms with Crippen LogP contribution in [0.15, 0.2) is 60.7 Å². The normalized spacial score (nSPS) is 28.8. The highest BCUT2D eigenvalue weighted by atomic mass is 16.2. The van der Waals surface area contributed by atoms with Gasteiger partial charge in [-0.15, -0.1) is 0 Å². The van der Waals surface area contributed by atoms with Gasteiger partial charge in [0.15, 0.2) is 0 Å². The van der Waals surface area contributed by atoms with Gasteiger partial charge < -0.3 is 10.6 Å². The van der Waals surface area contributed by atoms with E-state index in [1.54, 1.807) is 0 Å². The van der Waals surface area contributed by atoms with Gasteiger partial charge in [-0.1, -0.05) is 60.7 Å². The van der Waals surface area contributed by atoms with Crippen molar-refractivity contribution < 1.29 is 9.59 Å². The number of piperidine rings is 2. The molecule has 4 atom stereocenters. The lowest BCUT2D eigenvalue weighted by Crippen LogP contribution is -2.44. The van der Waals surface area contributed by atoms with Crippen molar-refractivity contribution in [1.82, 2.24) is 20.4 Å². The van der Waals surface area contributed by atoms with Crippen molar-refractivity contribution in [3.8, 4) is 0 Å². The molecule has 0 bridgehead atoms. The highest BCUT2D eigenvalue weighted by molar-refractivity contribution is 6.07. The number of carbonyl (C=O) groups is 2. The molecular weight excluding hydrogens is 424 g/mol. The van der Waals surface area contributed by atoms with Gasteiger partial charge in [0.25, 0.3) is 0 Å². The Hall–Kier alpha value is -2.54. The molecule has 4 fully saturated rings. The Morgan fingerprint density at radius 1 is 0.735 bits per heavy atom. The molecule has 0 aliphatic carbocycles. The first-order valence-corrected chi connectivity index (χ1v) is 12.8. The fraction of sp³-hybridized carbons (Fsp3) is 0.500. The van der Waals surface area contributed by atoms with Crippen LogP contribution in [0, 0.1) is 11.8 Å². The van der Waals surface area contributed by atoms with E-state index in [2.05, 4.69) is 45.9 Å². The van der Waals surface area contributed by atoms with Crippen molar-refractivity contribution in [2.45, 2.75) is 50.9 Å². The molecule has 6 heteroatoms. The minimum atomic E-state index is -0.282. The van der Waals surface area contributed by atoms with E-state index in [1.807, 2.05) is 30.3 Å². The third kappa shape index (κ3) is 5.24. The van der Waals surface area contributed by atoms with Crippen LogP contribution in [-0.4, -0.2) is 59.9 Å². The first-order chi connectivity index (χ1) is 16.7. The zero-order valence-corrected chi connectivity index (χ0v) is 19.9. The first-order valence-electron chi connectivity index (χ1n) is 12.8. The lowest BCUT2D eigenvalue weighted by atomic mass is 9.93. The number of hydrogen-bond donors (Lipinski definition) is 2. The van der Waals surface area contributed by atoms with Crippen LogP contribution < -0.4 is 10.6 Å². The Bertz CT molecular complexity index is 929. The predicted molar refractivity (Wildman–Crippen MR) is 133 cm³/mol. The van der Waals surface area contributed by atoms with Crippen molar-refractivity contribution >= 4 is 11.8 Å². The second-order valence-electron chi connectivity index (χ2n) is 10.1. The molecule has 2 aromatic carbocycles. The Balaban J connectivity index is 0.000000142. The summed E-state index contributed by atoms with van der Waals surface area (Å²) in [6.45, 7) is 6.09. The second kappa shape index (κ2) is 10.8. The summed E-state index contributed by atoms with van der Waals surface area (Å²) in [5.74, 6) is 0.682. The number of nitrogens with zero attached hydrogens (tertiary/aromatic N) is 2. The first kappa shape index (κ1) is 23.2. The number of carbonyl (C=O) groups excluding carboxylic acids is 2. The molecule has 2 N–H and O–H groups in total. The molecule has 4 aliphatic heterocycles. The Morgan fingerprint density at radius 2 is 1.38 bits per heavy atom. The summed E-state index contributed by atoms with van der Waals surface area (Å²) in [5.41, 5.74) is 2.44. The van der Waals surface area contributed by atoms with Gasteiger partial charge in [0.2, 0.25) is 11.8 Å².